The highest BCUT2D eigenvalue weighted by Gasteiger charge is 2.51. The van der Waals surface area contributed by atoms with Crippen LogP contribution in [-0.4, -0.2) is 21.8 Å². The third-order valence-corrected chi connectivity index (χ3v) is 4.53. The van der Waals surface area contributed by atoms with Crippen LogP contribution in [0.3, 0.4) is 0 Å². The van der Waals surface area contributed by atoms with E-state index in [0.29, 0.717) is 17.5 Å². The minimum absolute atomic E-state index is 0.00833. The van der Waals surface area contributed by atoms with E-state index in [9.17, 15) is 24.1 Å². The van der Waals surface area contributed by atoms with Gasteiger partial charge in [-0.15, -0.1) is 0 Å². The molecule has 1 atom stereocenters. The van der Waals surface area contributed by atoms with Crippen LogP contribution in [0.5, 0.6) is 0 Å². The molecule has 1 fully saturated rings. The first-order valence-electron chi connectivity index (χ1n) is 8.01. The van der Waals surface area contributed by atoms with Crippen LogP contribution in [0.15, 0.2) is 48.5 Å². The molecule has 8 heteroatoms. The Morgan fingerprint density at radius 3 is 2.27 bits per heavy atom. The lowest BCUT2D eigenvalue weighted by Gasteiger charge is -2.25. The molecule has 0 radical (unpaired) electrons. The van der Waals surface area contributed by atoms with Gasteiger partial charge >= 0.3 is 6.03 Å². The number of nitrogens with zero attached hydrogens (tertiary/aromatic N) is 2. The second-order valence-corrected chi connectivity index (χ2v) is 6.01. The predicted molar refractivity (Wildman–Crippen MR) is 90.5 cm³/mol. The quantitative estimate of drug-likeness (QED) is 0.506. The number of benzene rings is 2. The molecular formula is C18H16FN3O4. The number of non-ortho nitro benzene ring substituents is 1. The zero-order valence-electron chi connectivity index (χ0n) is 13.9. The first-order chi connectivity index (χ1) is 12.4. The molecule has 1 N–H and O–H groups in total. The van der Waals surface area contributed by atoms with Crippen LogP contribution in [0.2, 0.25) is 0 Å². The maximum absolute atomic E-state index is 13.2. The molecule has 1 saturated heterocycles. The van der Waals surface area contributed by atoms with Crippen molar-refractivity contribution in [2.24, 2.45) is 0 Å². The molecule has 1 heterocycles. The van der Waals surface area contributed by atoms with E-state index >= 15 is 0 Å². The second kappa shape index (κ2) is 6.55. The highest BCUT2D eigenvalue weighted by molar-refractivity contribution is 6.07. The SMILES string of the molecule is CCC1(c2ccc(F)cc2)NC(=O)N(Cc2ccc([N+](=O)[O-])cc2)C1=O. The van der Waals surface area contributed by atoms with E-state index in [1.165, 1.54) is 48.5 Å². The monoisotopic (exact) mass is 357 g/mol. The summed E-state index contributed by atoms with van der Waals surface area (Å²) in [6, 6.07) is 10.5. The van der Waals surface area contributed by atoms with Gasteiger partial charge in [0.15, 0.2) is 0 Å². The Labute approximate surface area is 148 Å². The topological polar surface area (TPSA) is 92.6 Å². The minimum atomic E-state index is -1.24. The molecule has 1 aliphatic rings. The fraction of sp³-hybridized carbons (Fsp3) is 0.222. The molecule has 26 heavy (non-hydrogen) atoms. The fourth-order valence-corrected chi connectivity index (χ4v) is 3.05. The lowest BCUT2D eigenvalue weighted by atomic mass is 9.87. The molecule has 0 bridgehead atoms. The van der Waals surface area contributed by atoms with Crippen molar-refractivity contribution in [1.82, 2.24) is 10.2 Å². The number of urea groups is 1. The average Bonchev–Trinajstić information content (AvgIpc) is 2.88. The normalized spacial score (nSPS) is 19.5. The summed E-state index contributed by atoms with van der Waals surface area (Å²) < 4.78 is 13.2. The van der Waals surface area contributed by atoms with E-state index in [4.69, 9.17) is 0 Å². The van der Waals surface area contributed by atoms with Crippen LogP contribution in [0.4, 0.5) is 14.9 Å². The molecule has 1 unspecified atom stereocenters. The van der Waals surface area contributed by atoms with Crippen molar-refractivity contribution in [3.05, 3.63) is 75.6 Å². The molecule has 0 aromatic heterocycles. The number of carbonyl (C=O) groups is 2. The van der Waals surface area contributed by atoms with Crippen molar-refractivity contribution in [3.63, 3.8) is 0 Å². The van der Waals surface area contributed by atoms with Crippen LogP contribution in [-0.2, 0) is 16.9 Å². The number of nitrogens with one attached hydrogen (secondary N) is 1. The van der Waals surface area contributed by atoms with Gasteiger partial charge in [0.1, 0.15) is 11.4 Å². The van der Waals surface area contributed by atoms with Gasteiger partial charge in [0.05, 0.1) is 11.5 Å². The third-order valence-electron chi connectivity index (χ3n) is 4.53. The maximum Gasteiger partial charge on any atom is 0.325 e. The Bertz CT molecular complexity index is 867. The number of halogens is 1. The Balaban J connectivity index is 1.88. The molecular weight excluding hydrogens is 341 g/mol. The van der Waals surface area contributed by atoms with Crippen LogP contribution in [0, 0.1) is 15.9 Å². The summed E-state index contributed by atoms with van der Waals surface area (Å²) in [6.07, 6.45) is 0.306. The standard InChI is InChI=1S/C18H16FN3O4/c1-2-18(13-5-7-14(19)8-6-13)16(23)21(17(24)20-18)11-12-3-9-15(10-4-12)22(25)26/h3-10H,2,11H2,1H3,(H,20,24). The van der Waals surface area contributed by atoms with Gasteiger partial charge in [-0.1, -0.05) is 31.2 Å². The molecule has 0 spiro atoms. The van der Waals surface area contributed by atoms with Crippen molar-refractivity contribution in [2.45, 2.75) is 25.4 Å². The highest BCUT2D eigenvalue weighted by atomic mass is 19.1. The number of hydrogen-bond donors (Lipinski definition) is 1. The van der Waals surface area contributed by atoms with Crippen LogP contribution < -0.4 is 5.32 Å². The van der Waals surface area contributed by atoms with E-state index in [1.807, 2.05) is 0 Å². The molecule has 0 saturated carbocycles. The first kappa shape index (κ1) is 17.5. The third kappa shape index (κ3) is 2.90. The van der Waals surface area contributed by atoms with Gasteiger partial charge < -0.3 is 5.32 Å². The van der Waals surface area contributed by atoms with Gasteiger partial charge in [-0.2, -0.15) is 0 Å². The maximum atomic E-state index is 13.2. The Morgan fingerprint density at radius 1 is 1.12 bits per heavy atom. The summed E-state index contributed by atoms with van der Waals surface area (Å²) in [5.74, 6) is -0.866. The molecule has 2 aromatic rings. The fourth-order valence-electron chi connectivity index (χ4n) is 3.05. The molecule has 1 aliphatic heterocycles. The van der Waals surface area contributed by atoms with E-state index < -0.39 is 28.2 Å². The zero-order chi connectivity index (χ0) is 18.9. The number of imide groups is 1. The van der Waals surface area contributed by atoms with Crippen molar-refractivity contribution in [1.29, 1.82) is 0 Å². The summed E-state index contributed by atoms with van der Waals surface area (Å²) in [5.41, 5.74) is -0.220. The summed E-state index contributed by atoms with van der Waals surface area (Å²) in [5, 5.41) is 13.4. The Kier molecular flexibility index (Phi) is 4.41. The van der Waals surface area contributed by atoms with Crippen molar-refractivity contribution < 1.29 is 18.9 Å². The van der Waals surface area contributed by atoms with Crippen LogP contribution >= 0.6 is 0 Å². The summed E-state index contributed by atoms with van der Waals surface area (Å²) in [7, 11) is 0. The summed E-state index contributed by atoms with van der Waals surface area (Å²) >= 11 is 0. The minimum Gasteiger partial charge on any atom is -0.319 e. The van der Waals surface area contributed by atoms with Gasteiger partial charge in [0.2, 0.25) is 0 Å². The number of rotatable bonds is 5. The Hall–Kier alpha value is -3.29. The molecule has 3 rings (SSSR count). The zero-order valence-corrected chi connectivity index (χ0v) is 13.9. The highest BCUT2D eigenvalue weighted by Crippen LogP contribution is 2.33. The summed E-state index contributed by atoms with van der Waals surface area (Å²) in [4.78, 5) is 36.6. The van der Waals surface area contributed by atoms with E-state index in [1.54, 1.807) is 6.92 Å². The molecule has 0 aliphatic carbocycles. The number of hydrogen-bond acceptors (Lipinski definition) is 4. The second-order valence-electron chi connectivity index (χ2n) is 6.01. The van der Waals surface area contributed by atoms with Crippen molar-refractivity contribution >= 4 is 17.6 Å². The molecule has 7 nitrogen and oxygen atoms in total. The number of nitro groups is 1. The molecule has 134 valence electrons. The van der Waals surface area contributed by atoms with Crippen LogP contribution in [0.25, 0.3) is 0 Å². The average molecular weight is 357 g/mol. The predicted octanol–water partition coefficient (Wildman–Crippen LogP) is 3.09. The van der Waals surface area contributed by atoms with E-state index in [2.05, 4.69) is 5.32 Å². The lowest BCUT2D eigenvalue weighted by Crippen LogP contribution is -2.43. The van der Waals surface area contributed by atoms with E-state index in [0.717, 1.165) is 4.90 Å². The first-order valence-corrected chi connectivity index (χ1v) is 8.01. The van der Waals surface area contributed by atoms with Crippen molar-refractivity contribution in [2.75, 3.05) is 0 Å². The number of amides is 3. The lowest BCUT2D eigenvalue weighted by molar-refractivity contribution is -0.384. The van der Waals surface area contributed by atoms with Gasteiger partial charge in [-0.25, -0.2) is 9.18 Å². The molecule has 2 aromatic carbocycles. The van der Waals surface area contributed by atoms with Gasteiger partial charge in [-0.3, -0.25) is 19.8 Å². The molecule has 3 amide bonds. The smallest absolute Gasteiger partial charge is 0.319 e. The summed E-state index contributed by atoms with van der Waals surface area (Å²) in [6.45, 7) is 1.75. The number of carbonyl (C=O) groups excluding carboxylic acids is 2. The van der Waals surface area contributed by atoms with Gasteiger partial charge in [-0.05, 0) is 29.7 Å². The number of nitro benzene ring substituents is 1. The van der Waals surface area contributed by atoms with Crippen molar-refractivity contribution in [3.8, 4) is 0 Å². The van der Waals surface area contributed by atoms with E-state index in [-0.39, 0.29) is 12.2 Å². The van der Waals surface area contributed by atoms with Gasteiger partial charge in [0.25, 0.3) is 11.6 Å². The largest absolute Gasteiger partial charge is 0.325 e. The van der Waals surface area contributed by atoms with Crippen LogP contribution in [0.1, 0.15) is 24.5 Å². The van der Waals surface area contributed by atoms with Gasteiger partial charge in [0, 0.05) is 12.1 Å². The Morgan fingerprint density at radius 2 is 1.73 bits per heavy atom.